The number of nitrogens with two attached hydrogens (primary N) is 1. The van der Waals surface area contributed by atoms with E-state index in [1.165, 1.54) is 36.7 Å². The van der Waals surface area contributed by atoms with Gasteiger partial charge in [-0.15, -0.1) is 0 Å². The summed E-state index contributed by atoms with van der Waals surface area (Å²) >= 11 is 6.07. The summed E-state index contributed by atoms with van der Waals surface area (Å²) in [5.74, 6) is -3.46. The first-order valence-corrected chi connectivity index (χ1v) is 13.2. The normalized spacial score (nSPS) is 15.5. The minimum absolute atomic E-state index is 0.0552. The molecule has 0 saturated carbocycles. The van der Waals surface area contributed by atoms with E-state index in [0.717, 1.165) is 25.6 Å². The van der Waals surface area contributed by atoms with Crippen molar-refractivity contribution in [1.82, 2.24) is 25.5 Å². The van der Waals surface area contributed by atoms with E-state index in [1.807, 2.05) is 6.92 Å². The Morgan fingerprint density at radius 2 is 1.95 bits per heavy atom. The van der Waals surface area contributed by atoms with Crippen molar-refractivity contribution in [1.29, 1.82) is 10.8 Å². The predicted octanol–water partition coefficient (Wildman–Crippen LogP) is 1.98. The van der Waals surface area contributed by atoms with Gasteiger partial charge in [0, 0.05) is 48.3 Å². The highest BCUT2D eigenvalue weighted by Gasteiger charge is 2.30. The van der Waals surface area contributed by atoms with Crippen LogP contribution in [0.4, 0.5) is 8.78 Å². The topological polar surface area (TPSA) is 183 Å². The number of nitrogens with one attached hydrogen (secondary N) is 4. The van der Waals surface area contributed by atoms with E-state index in [-0.39, 0.29) is 34.6 Å². The van der Waals surface area contributed by atoms with Gasteiger partial charge in [-0.1, -0.05) is 18.5 Å². The molecule has 1 aliphatic rings. The molecule has 2 aromatic rings. The number of likely N-dealkylation sites (tertiary alicyclic amines) is 1. The van der Waals surface area contributed by atoms with E-state index in [2.05, 4.69) is 30.3 Å². The third kappa shape index (κ3) is 8.98. The number of benzene rings is 1. The first-order valence-electron chi connectivity index (χ1n) is 12.9. The molecule has 12 nitrogen and oxygen atoms in total. The third-order valence-corrected chi connectivity index (χ3v) is 6.53. The summed E-state index contributed by atoms with van der Waals surface area (Å²) in [7, 11) is 0. The number of alkyl halides is 2. The molecule has 0 aliphatic carbocycles. The second kappa shape index (κ2) is 15.1. The SMILES string of the molecule is CCNC1CCN(C(=O)CN=CC(NC(=O)C(C(=N)N)c2ncccn2)C(=N)c2cc(Cl)ccc2OC(F)F)CC1. The molecule has 0 radical (unpaired) electrons. The molecule has 41 heavy (non-hydrogen) atoms. The van der Waals surface area contributed by atoms with Crippen LogP contribution in [-0.4, -0.2) is 89.3 Å². The number of amidine groups is 1. The largest absolute Gasteiger partial charge is 0.434 e. The Bertz CT molecular complexity index is 1260. The summed E-state index contributed by atoms with van der Waals surface area (Å²) in [6.45, 7) is 0.554. The van der Waals surface area contributed by atoms with Crippen molar-refractivity contribution in [3.8, 4) is 5.75 Å². The van der Waals surface area contributed by atoms with Crippen LogP contribution in [0.3, 0.4) is 0 Å². The molecule has 2 heterocycles. The molecule has 1 aromatic heterocycles. The number of ether oxygens (including phenoxy) is 1. The van der Waals surface area contributed by atoms with Crippen LogP contribution in [0, 0.1) is 10.8 Å². The number of carbonyl (C=O) groups excluding carboxylic acids is 2. The maximum atomic E-state index is 13.3. The lowest BCUT2D eigenvalue weighted by Crippen LogP contribution is -2.47. The van der Waals surface area contributed by atoms with Crippen LogP contribution in [0.2, 0.25) is 5.02 Å². The van der Waals surface area contributed by atoms with Crippen molar-refractivity contribution in [3.05, 3.63) is 53.1 Å². The Kier molecular flexibility index (Phi) is 11.6. The minimum atomic E-state index is -3.18. The zero-order valence-electron chi connectivity index (χ0n) is 22.3. The quantitative estimate of drug-likeness (QED) is 0.174. The summed E-state index contributed by atoms with van der Waals surface area (Å²) < 4.78 is 30.7. The Morgan fingerprint density at radius 3 is 2.56 bits per heavy atom. The number of rotatable bonds is 13. The molecule has 1 saturated heterocycles. The number of carbonyl (C=O) groups is 2. The second-order valence-electron chi connectivity index (χ2n) is 9.12. The summed E-state index contributed by atoms with van der Waals surface area (Å²) in [5, 5.41) is 22.7. The zero-order valence-corrected chi connectivity index (χ0v) is 23.1. The molecule has 2 unspecified atom stereocenters. The number of piperidine rings is 1. The van der Waals surface area contributed by atoms with Gasteiger partial charge in [-0.2, -0.15) is 8.78 Å². The third-order valence-electron chi connectivity index (χ3n) is 6.30. The summed E-state index contributed by atoms with van der Waals surface area (Å²) in [5.41, 5.74) is 5.12. The highest BCUT2D eigenvalue weighted by Crippen LogP contribution is 2.26. The number of nitrogens with zero attached hydrogens (tertiary/aromatic N) is 4. The lowest BCUT2D eigenvalue weighted by molar-refractivity contribution is -0.130. The van der Waals surface area contributed by atoms with Crippen LogP contribution in [0.1, 0.15) is 37.1 Å². The van der Waals surface area contributed by atoms with Gasteiger partial charge in [0.05, 0.1) is 5.71 Å². The average Bonchev–Trinajstić information content (AvgIpc) is 2.94. The fourth-order valence-electron chi connectivity index (χ4n) is 4.31. The van der Waals surface area contributed by atoms with E-state index < -0.39 is 36.0 Å². The van der Waals surface area contributed by atoms with Gasteiger partial charge in [0.2, 0.25) is 11.8 Å². The number of aromatic nitrogens is 2. The molecule has 6 N–H and O–H groups in total. The van der Waals surface area contributed by atoms with Crippen molar-refractivity contribution in [2.75, 3.05) is 26.2 Å². The predicted molar refractivity (Wildman–Crippen MR) is 150 cm³/mol. The molecule has 15 heteroatoms. The van der Waals surface area contributed by atoms with E-state index in [0.29, 0.717) is 19.1 Å². The molecular formula is C26H32ClF2N9O3. The Balaban J connectivity index is 1.85. The van der Waals surface area contributed by atoms with Gasteiger partial charge < -0.3 is 31.4 Å². The van der Waals surface area contributed by atoms with Crippen LogP contribution in [0.15, 0.2) is 41.7 Å². The van der Waals surface area contributed by atoms with E-state index >= 15 is 0 Å². The molecule has 0 spiro atoms. The smallest absolute Gasteiger partial charge is 0.387 e. The number of hydrogen-bond donors (Lipinski definition) is 5. The van der Waals surface area contributed by atoms with E-state index in [1.54, 1.807) is 4.90 Å². The Labute approximate surface area is 240 Å². The van der Waals surface area contributed by atoms with Crippen LogP contribution in [-0.2, 0) is 9.59 Å². The van der Waals surface area contributed by atoms with Crippen LogP contribution in [0.25, 0.3) is 0 Å². The zero-order chi connectivity index (χ0) is 29.9. The number of aliphatic imine (C=N–C) groups is 1. The Morgan fingerprint density at radius 1 is 1.27 bits per heavy atom. The first kappa shape index (κ1) is 31.5. The average molecular weight is 592 g/mol. The van der Waals surface area contributed by atoms with Gasteiger partial charge in [0.1, 0.15) is 30.0 Å². The summed E-state index contributed by atoms with van der Waals surface area (Å²) in [6, 6.07) is 4.24. The van der Waals surface area contributed by atoms with Gasteiger partial charge >= 0.3 is 6.61 Å². The lowest BCUT2D eigenvalue weighted by Gasteiger charge is -2.32. The fourth-order valence-corrected chi connectivity index (χ4v) is 4.49. The number of halogens is 3. The molecule has 1 aliphatic heterocycles. The fraction of sp³-hybridized carbons (Fsp3) is 0.423. The van der Waals surface area contributed by atoms with Crippen molar-refractivity contribution in [2.45, 2.75) is 44.4 Å². The van der Waals surface area contributed by atoms with Crippen LogP contribution in [0.5, 0.6) is 5.75 Å². The van der Waals surface area contributed by atoms with Gasteiger partial charge in [0.15, 0.2) is 5.92 Å². The minimum Gasteiger partial charge on any atom is -0.434 e. The number of hydrogen-bond acceptors (Lipinski definition) is 9. The van der Waals surface area contributed by atoms with Gasteiger partial charge in [-0.3, -0.25) is 20.0 Å². The Hall–Kier alpha value is -4.04. The molecular weight excluding hydrogens is 560 g/mol. The molecule has 1 aromatic carbocycles. The molecule has 3 rings (SSSR count). The van der Waals surface area contributed by atoms with Crippen LogP contribution >= 0.6 is 11.6 Å². The van der Waals surface area contributed by atoms with E-state index in [9.17, 15) is 18.4 Å². The van der Waals surface area contributed by atoms with Gasteiger partial charge in [-0.05, 0) is 43.7 Å². The maximum absolute atomic E-state index is 13.3. The molecule has 1 fully saturated rings. The van der Waals surface area contributed by atoms with Crippen LogP contribution < -0.4 is 21.1 Å². The van der Waals surface area contributed by atoms with Gasteiger partial charge in [0.25, 0.3) is 0 Å². The first-order chi connectivity index (χ1) is 19.6. The van der Waals surface area contributed by atoms with Crippen molar-refractivity contribution >= 4 is 41.2 Å². The summed E-state index contributed by atoms with van der Waals surface area (Å²) in [4.78, 5) is 39.9. The van der Waals surface area contributed by atoms with Crippen molar-refractivity contribution in [2.24, 2.45) is 10.7 Å². The second-order valence-corrected chi connectivity index (χ2v) is 9.55. The molecule has 220 valence electrons. The summed E-state index contributed by atoms with van der Waals surface area (Å²) in [6.07, 6.45) is 5.52. The standard InChI is InChI=1S/C26H32ClF2N9O3/c1-2-34-16-6-10-38(11-7-16)20(39)14-33-13-18(22(30)17-12-15(27)4-5-19(17)41-26(28)29)37-25(40)21(23(31)32)24-35-8-3-9-36-24/h3-5,8-9,12-13,16,18,21,26,30,34H,2,6-7,10-11,14H2,1H3,(H3,31,32)(H,37,40). The van der Waals surface area contributed by atoms with E-state index in [4.69, 9.17) is 28.2 Å². The van der Waals surface area contributed by atoms with Gasteiger partial charge in [-0.25, -0.2) is 9.97 Å². The monoisotopic (exact) mass is 591 g/mol. The molecule has 2 atom stereocenters. The number of amides is 2. The highest BCUT2D eigenvalue weighted by atomic mass is 35.5. The lowest BCUT2D eigenvalue weighted by atomic mass is 10.0. The van der Waals surface area contributed by atoms with Crippen molar-refractivity contribution in [3.63, 3.8) is 0 Å². The highest BCUT2D eigenvalue weighted by molar-refractivity contribution is 6.31. The molecule has 2 amide bonds. The van der Waals surface area contributed by atoms with Crippen molar-refractivity contribution < 1.29 is 23.1 Å². The maximum Gasteiger partial charge on any atom is 0.387 e. The molecule has 0 bridgehead atoms.